The molecule has 0 bridgehead atoms. The van der Waals surface area contributed by atoms with E-state index in [1.165, 1.54) is 12.8 Å². The molecule has 0 fully saturated rings. The Bertz CT molecular complexity index is 139. The number of unbranched alkanes of at least 4 members (excludes halogenated alkanes) is 2. The number of hydrogen-bond acceptors (Lipinski definition) is 2. The van der Waals surface area contributed by atoms with Gasteiger partial charge in [-0.15, -0.1) is 0 Å². The van der Waals surface area contributed by atoms with Crippen LogP contribution in [0.4, 0.5) is 0 Å². The maximum absolute atomic E-state index is 9.43. The fourth-order valence-corrected chi connectivity index (χ4v) is 1.21. The monoisotopic (exact) mass is 169 g/mol. The second kappa shape index (κ2) is 7.12. The maximum Gasteiger partial charge on any atom is 0.0653 e. The average Bonchev–Trinajstić information content (AvgIpc) is 2.05. The minimum atomic E-state index is -0.272. The predicted molar refractivity (Wildman–Crippen MR) is 49.5 cm³/mol. The van der Waals surface area contributed by atoms with Crippen LogP contribution in [0, 0.1) is 17.2 Å². The fraction of sp³-hybridized carbons (Fsp3) is 0.900. The van der Waals surface area contributed by atoms with Gasteiger partial charge in [-0.05, 0) is 19.8 Å². The zero-order valence-electron chi connectivity index (χ0n) is 8.08. The Kier molecular flexibility index (Phi) is 6.79. The molecule has 0 saturated carbocycles. The van der Waals surface area contributed by atoms with Gasteiger partial charge < -0.3 is 5.11 Å². The predicted octanol–water partition coefficient (Wildman–Crippen LogP) is 2.48. The van der Waals surface area contributed by atoms with Crippen molar-refractivity contribution < 1.29 is 5.11 Å². The van der Waals surface area contributed by atoms with Crippen molar-refractivity contribution in [1.29, 1.82) is 5.26 Å². The van der Waals surface area contributed by atoms with Crippen molar-refractivity contribution in [3.8, 4) is 6.07 Å². The minimum absolute atomic E-state index is 0.0124. The highest BCUT2D eigenvalue weighted by Gasteiger charge is 2.08. The van der Waals surface area contributed by atoms with Crippen LogP contribution in [0.3, 0.4) is 0 Å². The van der Waals surface area contributed by atoms with E-state index in [1.54, 1.807) is 0 Å². The van der Waals surface area contributed by atoms with Gasteiger partial charge in [0.05, 0.1) is 12.2 Å². The summed E-state index contributed by atoms with van der Waals surface area (Å²) in [5, 5.41) is 17.9. The molecule has 2 unspecified atom stereocenters. The molecule has 2 atom stereocenters. The molecule has 0 aliphatic heterocycles. The van der Waals surface area contributed by atoms with Gasteiger partial charge >= 0.3 is 0 Å². The molecule has 0 aromatic rings. The number of aliphatic hydroxyl groups excluding tert-OH is 1. The Morgan fingerprint density at radius 2 is 2.08 bits per heavy atom. The molecular weight excluding hydrogens is 150 g/mol. The highest BCUT2D eigenvalue weighted by atomic mass is 16.3. The van der Waals surface area contributed by atoms with Crippen molar-refractivity contribution in [1.82, 2.24) is 0 Å². The van der Waals surface area contributed by atoms with E-state index >= 15 is 0 Å². The SMILES string of the molecule is CCCCCC(O)CC(C)C#N. The summed E-state index contributed by atoms with van der Waals surface area (Å²) in [6.45, 7) is 3.99. The zero-order chi connectivity index (χ0) is 9.40. The summed E-state index contributed by atoms with van der Waals surface area (Å²) in [6, 6.07) is 2.13. The van der Waals surface area contributed by atoms with E-state index in [2.05, 4.69) is 13.0 Å². The summed E-state index contributed by atoms with van der Waals surface area (Å²) in [4.78, 5) is 0. The van der Waals surface area contributed by atoms with Crippen LogP contribution in [0.25, 0.3) is 0 Å². The number of nitrogens with zero attached hydrogens (tertiary/aromatic N) is 1. The Morgan fingerprint density at radius 3 is 2.58 bits per heavy atom. The number of rotatable bonds is 6. The third kappa shape index (κ3) is 6.18. The van der Waals surface area contributed by atoms with Crippen molar-refractivity contribution in [3.05, 3.63) is 0 Å². The molecule has 0 aromatic carbocycles. The van der Waals surface area contributed by atoms with Crippen molar-refractivity contribution in [2.75, 3.05) is 0 Å². The quantitative estimate of drug-likeness (QED) is 0.621. The molecule has 2 heteroatoms. The van der Waals surface area contributed by atoms with E-state index in [-0.39, 0.29) is 12.0 Å². The first-order valence-electron chi connectivity index (χ1n) is 4.78. The van der Waals surface area contributed by atoms with Crippen molar-refractivity contribution in [3.63, 3.8) is 0 Å². The Balaban J connectivity index is 3.34. The first kappa shape index (κ1) is 11.4. The van der Waals surface area contributed by atoms with E-state index in [1.807, 2.05) is 6.92 Å². The van der Waals surface area contributed by atoms with E-state index in [4.69, 9.17) is 5.26 Å². The van der Waals surface area contributed by atoms with Crippen LogP contribution in [0.15, 0.2) is 0 Å². The molecule has 0 heterocycles. The normalized spacial score (nSPS) is 15.2. The summed E-state index contributed by atoms with van der Waals surface area (Å²) < 4.78 is 0. The molecule has 0 rings (SSSR count). The molecule has 0 saturated heterocycles. The minimum Gasteiger partial charge on any atom is -0.393 e. The van der Waals surface area contributed by atoms with Crippen LogP contribution in [0.1, 0.15) is 46.0 Å². The zero-order valence-corrected chi connectivity index (χ0v) is 8.08. The van der Waals surface area contributed by atoms with Gasteiger partial charge in [-0.1, -0.05) is 26.2 Å². The maximum atomic E-state index is 9.43. The van der Waals surface area contributed by atoms with Gasteiger partial charge in [-0.2, -0.15) is 5.26 Å². The molecule has 1 N–H and O–H groups in total. The molecular formula is C10H19NO. The van der Waals surface area contributed by atoms with Crippen molar-refractivity contribution in [2.45, 2.75) is 52.1 Å². The Hall–Kier alpha value is -0.550. The molecule has 0 aliphatic carbocycles. The van der Waals surface area contributed by atoms with Crippen LogP contribution < -0.4 is 0 Å². The standard InChI is InChI=1S/C10H19NO/c1-3-4-5-6-10(12)7-9(2)8-11/h9-10,12H,3-7H2,1-2H3. The van der Waals surface area contributed by atoms with Gasteiger partial charge in [-0.3, -0.25) is 0 Å². The van der Waals surface area contributed by atoms with E-state index in [0.717, 1.165) is 12.8 Å². The topological polar surface area (TPSA) is 44.0 Å². The molecule has 0 amide bonds. The van der Waals surface area contributed by atoms with E-state index in [0.29, 0.717) is 6.42 Å². The van der Waals surface area contributed by atoms with Crippen LogP contribution in [0.2, 0.25) is 0 Å². The van der Waals surface area contributed by atoms with Crippen molar-refractivity contribution in [2.24, 2.45) is 5.92 Å². The van der Waals surface area contributed by atoms with Gasteiger partial charge in [0, 0.05) is 5.92 Å². The lowest BCUT2D eigenvalue weighted by molar-refractivity contribution is 0.141. The second-order valence-corrected chi connectivity index (χ2v) is 3.42. The van der Waals surface area contributed by atoms with Gasteiger partial charge in [0.25, 0.3) is 0 Å². The molecule has 12 heavy (non-hydrogen) atoms. The first-order valence-corrected chi connectivity index (χ1v) is 4.78. The summed E-state index contributed by atoms with van der Waals surface area (Å²) in [6.07, 6.45) is 4.64. The molecule has 0 aromatic heterocycles. The highest BCUT2D eigenvalue weighted by Crippen LogP contribution is 2.11. The molecule has 0 aliphatic rings. The van der Waals surface area contributed by atoms with Crippen LogP contribution in [-0.4, -0.2) is 11.2 Å². The van der Waals surface area contributed by atoms with Crippen molar-refractivity contribution >= 4 is 0 Å². The summed E-state index contributed by atoms with van der Waals surface area (Å²) >= 11 is 0. The highest BCUT2D eigenvalue weighted by molar-refractivity contribution is 4.80. The van der Waals surface area contributed by atoms with Gasteiger partial charge in [0.1, 0.15) is 0 Å². The fourth-order valence-electron chi connectivity index (χ4n) is 1.21. The third-order valence-electron chi connectivity index (χ3n) is 1.99. The number of aliphatic hydroxyl groups is 1. The van der Waals surface area contributed by atoms with Crippen LogP contribution >= 0.6 is 0 Å². The number of hydrogen-bond donors (Lipinski definition) is 1. The largest absolute Gasteiger partial charge is 0.393 e. The van der Waals surface area contributed by atoms with Gasteiger partial charge in [0.2, 0.25) is 0 Å². The summed E-state index contributed by atoms with van der Waals surface area (Å²) in [7, 11) is 0. The van der Waals surface area contributed by atoms with E-state index in [9.17, 15) is 5.11 Å². The lowest BCUT2D eigenvalue weighted by Gasteiger charge is -2.10. The molecule has 0 spiro atoms. The molecule has 0 radical (unpaired) electrons. The van der Waals surface area contributed by atoms with Crippen LogP contribution in [-0.2, 0) is 0 Å². The summed E-state index contributed by atoms with van der Waals surface area (Å²) in [5.41, 5.74) is 0. The smallest absolute Gasteiger partial charge is 0.0653 e. The molecule has 2 nitrogen and oxygen atoms in total. The third-order valence-corrected chi connectivity index (χ3v) is 1.99. The second-order valence-electron chi connectivity index (χ2n) is 3.42. The Labute approximate surface area is 75.2 Å². The Morgan fingerprint density at radius 1 is 1.42 bits per heavy atom. The summed E-state index contributed by atoms with van der Waals surface area (Å²) in [5.74, 6) is -0.0124. The first-order chi connectivity index (χ1) is 5.70. The lowest BCUT2D eigenvalue weighted by atomic mass is 10.0. The van der Waals surface area contributed by atoms with E-state index < -0.39 is 0 Å². The molecule has 70 valence electrons. The number of nitriles is 1. The average molecular weight is 169 g/mol. The van der Waals surface area contributed by atoms with Gasteiger partial charge in [-0.25, -0.2) is 0 Å². The van der Waals surface area contributed by atoms with Crippen LogP contribution in [0.5, 0.6) is 0 Å². The lowest BCUT2D eigenvalue weighted by Crippen LogP contribution is -2.10. The van der Waals surface area contributed by atoms with Gasteiger partial charge in [0.15, 0.2) is 0 Å².